The number of hydrogen-bond acceptors (Lipinski definition) is 9. The number of oxime groups is 1. The van der Waals surface area contributed by atoms with E-state index in [0.717, 1.165) is 16.7 Å². The molecule has 0 saturated heterocycles. The highest BCUT2D eigenvalue weighted by molar-refractivity contribution is 7.17. The number of rotatable bonds is 7. The van der Waals surface area contributed by atoms with Gasteiger partial charge in [-0.15, -0.1) is 11.3 Å². The highest BCUT2D eigenvalue weighted by Gasteiger charge is 2.15. The normalized spacial score (nSPS) is 12.7. The molecule has 1 aliphatic heterocycles. The largest absolute Gasteiger partial charge is 0.455 e. The summed E-state index contributed by atoms with van der Waals surface area (Å²) in [4.78, 5) is 37.5. The van der Waals surface area contributed by atoms with Crippen molar-refractivity contribution >= 4 is 33.2 Å². The van der Waals surface area contributed by atoms with E-state index in [-0.39, 0.29) is 31.4 Å². The Morgan fingerprint density at radius 2 is 2.00 bits per heavy atom. The van der Waals surface area contributed by atoms with Gasteiger partial charge in [0, 0.05) is 16.5 Å². The summed E-state index contributed by atoms with van der Waals surface area (Å²) in [5, 5.41) is 6.36. The topological polar surface area (TPSA) is 112 Å². The molecular formula is C24H19N3O6S. The summed E-state index contributed by atoms with van der Waals surface area (Å²) in [6.07, 6.45) is 0. The van der Waals surface area contributed by atoms with Gasteiger partial charge in [0.2, 0.25) is 13.4 Å². The fourth-order valence-electron chi connectivity index (χ4n) is 3.44. The second kappa shape index (κ2) is 9.36. The summed E-state index contributed by atoms with van der Waals surface area (Å²) in [6, 6.07) is 15.0. The summed E-state index contributed by atoms with van der Waals surface area (Å²) in [7, 11) is 0. The van der Waals surface area contributed by atoms with Crippen LogP contribution in [-0.4, -0.2) is 35.0 Å². The van der Waals surface area contributed by atoms with Gasteiger partial charge < -0.3 is 24.0 Å². The van der Waals surface area contributed by atoms with Crippen molar-refractivity contribution in [2.24, 2.45) is 5.16 Å². The number of fused-ring (bicyclic) bond motifs is 2. The lowest BCUT2D eigenvalue weighted by Gasteiger charge is -2.05. The van der Waals surface area contributed by atoms with Gasteiger partial charge in [0.25, 0.3) is 5.56 Å². The molecule has 0 amide bonds. The molecule has 4 aromatic rings. The maximum atomic E-state index is 12.7. The van der Waals surface area contributed by atoms with E-state index in [0.29, 0.717) is 27.4 Å². The summed E-state index contributed by atoms with van der Waals surface area (Å²) in [5.41, 5.74) is 2.82. The van der Waals surface area contributed by atoms with Gasteiger partial charge in [0.1, 0.15) is 17.3 Å². The van der Waals surface area contributed by atoms with Crippen LogP contribution in [0, 0.1) is 0 Å². The van der Waals surface area contributed by atoms with E-state index in [1.165, 1.54) is 11.3 Å². The van der Waals surface area contributed by atoms with E-state index in [4.69, 9.17) is 19.0 Å². The fourth-order valence-corrected chi connectivity index (χ4v) is 4.41. The van der Waals surface area contributed by atoms with E-state index < -0.39 is 5.97 Å². The molecule has 9 nitrogen and oxygen atoms in total. The van der Waals surface area contributed by atoms with Gasteiger partial charge in [-0.3, -0.25) is 4.79 Å². The zero-order valence-corrected chi connectivity index (χ0v) is 18.9. The molecule has 5 rings (SSSR count). The maximum Gasteiger partial charge on any atom is 0.347 e. The average Bonchev–Trinajstić information content (AvgIpc) is 3.50. The van der Waals surface area contributed by atoms with E-state index in [9.17, 15) is 9.59 Å². The molecule has 0 radical (unpaired) electrons. The van der Waals surface area contributed by atoms with Crippen molar-refractivity contribution in [3.05, 3.63) is 75.7 Å². The number of benzene rings is 2. The van der Waals surface area contributed by atoms with Crippen molar-refractivity contribution in [3.8, 4) is 22.6 Å². The molecule has 0 fully saturated rings. The van der Waals surface area contributed by atoms with Gasteiger partial charge >= 0.3 is 5.97 Å². The average molecular weight is 477 g/mol. The van der Waals surface area contributed by atoms with Crippen LogP contribution in [0.2, 0.25) is 0 Å². The first-order chi connectivity index (χ1) is 16.6. The molecular weight excluding hydrogens is 458 g/mol. The third-order valence-corrected chi connectivity index (χ3v) is 5.99. The second-order valence-corrected chi connectivity index (χ2v) is 8.25. The number of nitrogens with zero attached hydrogens (tertiary/aromatic N) is 2. The van der Waals surface area contributed by atoms with Crippen molar-refractivity contribution in [1.29, 1.82) is 0 Å². The monoisotopic (exact) mass is 477 g/mol. The number of hydrogen-bond donors (Lipinski definition) is 1. The molecule has 1 N–H and O–H groups in total. The van der Waals surface area contributed by atoms with Gasteiger partial charge in [-0.2, -0.15) is 0 Å². The molecule has 172 valence electrons. The molecule has 0 unspecified atom stereocenters. The molecule has 10 heteroatoms. The first-order valence-corrected chi connectivity index (χ1v) is 11.2. The Morgan fingerprint density at radius 3 is 2.85 bits per heavy atom. The number of aromatic amines is 1. The van der Waals surface area contributed by atoms with Crippen molar-refractivity contribution in [2.75, 3.05) is 13.4 Å². The first kappa shape index (κ1) is 21.7. The molecule has 0 aliphatic carbocycles. The number of carbonyl (C=O) groups is 1. The highest BCUT2D eigenvalue weighted by atomic mass is 32.1. The third-order valence-electron chi connectivity index (χ3n) is 5.12. The van der Waals surface area contributed by atoms with Gasteiger partial charge in [0.05, 0.1) is 11.1 Å². The Morgan fingerprint density at radius 1 is 1.18 bits per heavy atom. The van der Waals surface area contributed by atoms with Crippen LogP contribution in [0.5, 0.6) is 11.5 Å². The number of aromatic nitrogens is 2. The zero-order valence-electron chi connectivity index (χ0n) is 18.1. The Labute approximate surface area is 197 Å². The van der Waals surface area contributed by atoms with Crippen LogP contribution in [0.4, 0.5) is 0 Å². The molecule has 2 aromatic carbocycles. The summed E-state index contributed by atoms with van der Waals surface area (Å²) in [6.45, 7) is 1.37. The fraction of sp³-hybridized carbons (Fsp3) is 0.167. The van der Waals surface area contributed by atoms with Crippen LogP contribution < -0.4 is 15.0 Å². The molecule has 34 heavy (non-hydrogen) atoms. The standard InChI is InChI=1S/C24H19N3O6S/c1-14(16-7-8-18-19(9-16)32-13-31-18)27-33-11-21(28)30-10-20-25-23(29)22-17(12-34-24(22)26-20)15-5-3-2-4-6-15/h2-9,12H,10-11,13H2,1H3,(H,25,26,29). The third kappa shape index (κ3) is 4.48. The van der Waals surface area contributed by atoms with Crippen LogP contribution >= 0.6 is 11.3 Å². The lowest BCUT2D eigenvalue weighted by molar-refractivity contribution is -0.150. The number of carbonyl (C=O) groups excluding carboxylic acids is 1. The Kier molecular flexibility index (Phi) is 5.96. The van der Waals surface area contributed by atoms with Gasteiger partial charge in [-0.1, -0.05) is 35.5 Å². The van der Waals surface area contributed by atoms with Gasteiger partial charge in [-0.05, 0) is 30.7 Å². The molecule has 0 bridgehead atoms. The second-order valence-electron chi connectivity index (χ2n) is 7.39. The van der Waals surface area contributed by atoms with Crippen molar-refractivity contribution in [1.82, 2.24) is 9.97 Å². The summed E-state index contributed by atoms with van der Waals surface area (Å²) >= 11 is 1.36. The number of ether oxygens (including phenoxy) is 3. The number of H-pyrrole nitrogens is 1. The molecule has 0 spiro atoms. The number of thiophene rings is 1. The summed E-state index contributed by atoms with van der Waals surface area (Å²) in [5.74, 6) is 0.921. The highest BCUT2D eigenvalue weighted by Crippen LogP contribution is 2.33. The van der Waals surface area contributed by atoms with E-state index in [2.05, 4.69) is 15.1 Å². The zero-order chi connectivity index (χ0) is 23.5. The van der Waals surface area contributed by atoms with Crippen molar-refractivity contribution in [3.63, 3.8) is 0 Å². The van der Waals surface area contributed by atoms with Crippen LogP contribution in [-0.2, 0) is 21.0 Å². The predicted octanol–water partition coefficient (Wildman–Crippen LogP) is 3.86. The van der Waals surface area contributed by atoms with E-state index in [1.807, 2.05) is 41.8 Å². The predicted molar refractivity (Wildman–Crippen MR) is 126 cm³/mol. The van der Waals surface area contributed by atoms with Crippen molar-refractivity contribution < 1.29 is 23.8 Å². The summed E-state index contributed by atoms with van der Waals surface area (Å²) < 4.78 is 15.8. The molecule has 1 aliphatic rings. The Bertz CT molecular complexity index is 1440. The molecule has 0 saturated carbocycles. The quantitative estimate of drug-likeness (QED) is 0.244. The van der Waals surface area contributed by atoms with Crippen LogP contribution in [0.25, 0.3) is 21.3 Å². The van der Waals surface area contributed by atoms with E-state index >= 15 is 0 Å². The Hall–Kier alpha value is -4.18. The van der Waals surface area contributed by atoms with Crippen LogP contribution in [0.1, 0.15) is 18.3 Å². The lowest BCUT2D eigenvalue weighted by atomic mass is 10.1. The first-order valence-electron chi connectivity index (χ1n) is 10.4. The van der Waals surface area contributed by atoms with Gasteiger partial charge in [0.15, 0.2) is 11.5 Å². The maximum absolute atomic E-state index is 12.7. The van der Waals surface area contributed by atoms with E-state index in [1.54, 1.807) is 19.1 Å². The molecule has 0 atom stereocenters. The minimum atomic E-state index is -0.638. The van der Waals surface area contributed by atoms with Gasteiger partial charge in [-0.25, -0.2) is 9.78 Å². The van der Waals surface area contributed by atoms with Crippen LogP contribution in [0.15, 0.2) is 63.9 Å². The Balaban J connectivity index is 1.19. The number of nitrogens with one attached hydrogen (secondary N) is 1. The SMILES string of the molecule is CC(=NOCC(=O)OCc1nc2scc(-c3ccccc3)c2c(=O)[nH]1)c1ccc2c(c1)OCO2. The van der Waals surface area contributed by atoms with Crippen LogP contribution in [0.3, 0.4) is 0 Å². The van der Waals surface area contributed by atoms with Crippen molar-refractivity contribution in [2.45, 2.75) is 13.5 Å². The minimum absolute atomic E-state index is 0.184. The molecule has 3 heterocycles. The minimum Gasteiger partial charge on any atom is -0.455 e. The lowest BCUT2D eigenvalue weighted by Crippen LogP contribution is -2.16. The smallest absolute Gasteiger partial charge is 0.347 e. The number of esters is 1. The molecule has 2 aromatic heterocycles.